The highest BCUT2D eigenvalue weighted by Gasteiger charge is 2.21. The Balaban J connectivity index is 2.29. The van der Waals surface area contributed by atoms with Crippen molar-refractivity contribution in [1.29, 1.82) is 0 Å². The van der Waals surface area contributed by atoms with E-state index in [-0.39, 0.29) is 33.2 Å². The maximum absolute atomic E-state index is 12.6. The summed E-state index contributed by atoms with van der Waals surface area (Å²) in [4.78, 5) is 39.4. The average Bonchev–Trinajstić information content (AvgIpc) is 2.95. The molecule has 2 aromatic rings. The predicted octanol–water partition coefficient (Wildman–Crippen LogP) is 2.78. The summed E-state index contributed by atoms with van der Waals surface area (Å²) in [7, 11) is 0. The molecule has 0 aliphatic rings. The molecule has 11 heteroatoms. The van der Waals surface area contributed by atoms with Gasteiger partial charge in [-0.05, 0) is 45.9 Å². The summed E-state index contributed by atoms with van der Waals surface area (Å²) in [6.07, 6.45) is -0.230. The first-order valence-electron chi connectivity index (χ1n) is 9.02. The van der Waals surface area contributed by atoms with Gasteiger partial charge in [-0.3, -0.25) is 19.8 Å². The quantitative estimate of drug-likeness (QED) is 0.248. The number of hydrogen-bond donors (Lipinski definition) is 5. The summed E-state index contributed by atoms with van der Waals surface area (Å²) in [5.41, 5.74) is 3.20. The van der Waals surface area contributed by atoms with Gasteiger partial charge in [0.05, 0.1) is 21.8 Å². The minimum Gasteiger partial charge on any atom is -0.489 e. The Kier molecular flexibility index (Phi) is 7.71. The summed E-state index contributed by atoms with van der Waals surface area (Å²) in [5.74, 6) is 3.78. The molecule has 3 amide bonds. The van der Waals surface area contributed by atoms with Crippen molar-refractivity contribution in [2.75, 3.05) is 5.32 Å². The van der Waals surface area contributed by atoms with Gasteiger partial charge in [0, 0.05) is 11.3 Å². The zero-order valence-electron chi connectivity index (χ0n) is 16.9. The monoisotopic (exact) mass is 455 g/mol. The minimum absolute atomic E-state index is 0.109. The number of H-pyrrole nitrogens is 1. The fourth-order valence-electron chi connectivity index (χ4n) is 2.50. The highest BCUT2D eigenvalue weighted by molar-refractivity contribution is 6.44. The van der Waals surface area contributed by atoms with Crippen LogP contribution < -0.4 is 26.6 Å². The molecule has 0 saturated carbocycles. The van der Waals surface area contributed by atoms with Gasteiger partial charge in [-0.2, -0.15) is 0 Å². The van der Waals surface area contributed by atoms with Crippen LogP contribution in [0.4, 0.5) is 5.69 Å². The van der Waals surface area contributed by atoms with Gasteiger partial charge in [0.1, 0.15) is 17.5 Å². The number of amides is 3. The molecule has 0 aliphatic carbocycles. The van der Waals surface area contributed by atoms with Crippen molar-refractivity contribution >= 4 is 46.6 Å². The van der Waals surface area contributed by atoms with E-state index in [1.807, 2.05) is 5.43 Å². The van der Waals surface area contributed by atoms with Crippen LogP contribution in [0, 0.1) is 6.92 Å². The number of carbonyl (C=O) groups excluding carboxylic acids is 3. The second-order valence-corrected chi connectivity index (χ2v) is 7.54. The Morgan fingerprint density at radius 3 is 2.30 bits per heavy atom. The van der Waals surface area contributed by atoms with Gasteiger partial charge in [-0.25, -0.2) is 5.84 Å². The maximum Gasteiger partial charge on any atom is 0.273 e. The molecule has 1 aromatic carbocycles. The van der Waals surface area contributed by atoms with Gasteiger partial charge in [0.2, 0.25) is 0 Å². The number of anilines is 1. The number of benzene rings is 1. The third-order valence-corrected chi connectivity index (χ3v) is 4.97. The lowest BCUT2D eigenvalue weighted by atomic mass is 10.1. The average molecular weight is 456 g/mol. The highest BCUT2D eigenvalue weighted by atomic mass is 35.5. The number of aromatic nitrogens is 1. The van der Waals surface area contributed by atoms with Crippen LogP contribution in [-0.4, -0.2) is 34.9 Å². The molecule has 0 radical (unpaired) electrons. The maximum atomic E-state index is 12.6. The number of aromatic amines is 1. The summed E-state index contributed by atoms with van der Waals surface area (Å²) in [5, 5.41) is 5.60. The smallest absolute Gasteiger partial charge is 0.273 e. The van der Waals surface area contributed by atoms with Crippen molar-refractivity contribution in [2.24, 2.45) is 5.84 Å². The number of rotatable bonds is 7. The Bertz CT molecular complexity index is 974. The van der Waals surface area contributed by atoms with E-state index in [2.05, 4.69) is 15.6 Å². The van der Waals surface area contributed by atoms with Crippen molar-refractivity contribution < 1.29 is 19.1 Å². The lowest BCUT2D eigenvalue weighted by Crippen LogP contribution is -2.47. The third kappa shape index (κ3) is 5.44. The molecule has 0 aliphatic heterocycles. The lowest BCUT2D eigenvalue weighted by molar-refractivity contribution is -0.122. The molecule has 162 valence electrons. The zero-order chi connectivity index (χ0) is 22.6. The zero-order valence-corrected chi connectivity index (χ0v) is 18.4. The number of ether oxygens (including phenoxy) is 1. The van der Waals surface area contributed by atoms with Crippen LogP contribution in [-0.2, 0) is 4.79 Å². The number of halogens is 2. The van der Waals surface area contributed by atoms with Crippen LogP contribution in [0.15, 0.2) is 18.2 Å². The van der Waals surface area contributed by atoms with E-state index in [4.69, 9.17) is 33.8 Å². The first-order valence-corrected chi connectivity index (χ1v) is 9.77. The van der Waals surface area contributed by atoms with Crippen molar-refractivity contribution in [1.82, 2.24) is 15.7 Å². The van der Waals surface area contributed by atoms with Crippen LogP contribution in [0.2, 0.25) is 10.0 Å². The fourth-order valence-corrected chi connectivity index (χ4v) is 2.92. The number of nitrogens with two attached hydrogens (primary N) is 1. The molecule has 1 aromatic heterocycles. The van der Waals surface area contributed by atoms with Gasteiger partial charge >= 0.3 is 0 Å². The SMILES string of the molecule is Cc1[nH]c(C(=O)Nc2ccc(C(=O)N[C@@H](C)C(=O)NN)cc2OC(C)C)c(Cl)c1Cl. The lowest BCUT2D eigenvalue weighted by Gasteiger charge is -2.17. The standard InChI is InChI=1S/C19H23Cl2N5O4/c1-8(2)30-13-7-11(18(28)24-10(4)17(27)26-22)5-6-12(13)25-19(29)16-15(21)14(20)9(3)23-16/h5-8,10,23H,22H2,1-4H3,(H,24,28)(H,25,29)(H,26,27)/t10-/m0/s1. The first kappa shape index (κ1) is 23.5. The Morgan fingerprint density at radius 2 is 1.77 bits per heavy atom. The summed E-state index contributed by atoms with van der Waals surface area (Å²) >= 11 is 12.1. The number of hydrazine groups is 1. The first-order chi connectivity index (χ1) is 14.0. The van der Waals surface area contributed by atoms with Gasteiger partial charge in [-0.15, -0.1) is 0 Å². The summed E-state index contributed by atoms with van der Waals surface area (Å²) in [6, 6.07) is 3.63. The Morgan fingerprint density at radius 1 is 1.10 bits per heavy atom. The van der Waals surface area contributed by atoms with Gasteiger partial charge in [0.15, 0.2) is 0 Å². The number of hydrogen-bond acceptors (Lipinski definition) is 5. The molecule has 0 saturated heterocycles. The molecule has 1 heterocycles. The molecule has 0 bridgehead atoms. The summed E-state index contributed by atoms with van der Waals surface area (Å²) < 4.78 is 5.74. The van der Waals surface area contributed by atoms with Crippen LogP contribution in [0.25, 0.3) is 0 Å². The largest absolute Gasteiger partial charge is 0.489 e. The van der Waals surface area contributed by atoms with Crippen molar-refractivity contribution in [3.8, 4) is 5.75 Å². The van der Waals surface area contributed by atoms with Crippen LogP contribution in [0.3, 0.4) is 0 Å². The summed E-state index contributed by atoms with van der Waals surface area (Å²) in [6.45, 7) is 6.79. The van der Waals surface area contributed by atoms with Crippen molar-refractivity contribution in [2.45, 2.75) is 39.8 Å². The van der Waals surface area contributed by atoms with Crippen LogP contribution in [0.5, 0.6) is 5.75 Å². The topological polar surface area (TPSA) is 138 Å². The molecule has 0 fully saturated rings. The molecular weight excluding hydrogens is 433 g/mol. The van der Waals surface area contributed by atoms with E-state index >= 15 is 0 Å². The minimum atomic E-state index is -0.834. The van der Waals surface area contributed by atoms with E-state index in [1.54, 1.807) is 20.8 Å². The molecule has 0 spiro atoms. The van der Waals surface area contributed by atoms with E-state index in [0.717, 1.165) is 0 Å². The molecule has 0 unspecified atom stereocenters. The molecule has 1 atom stereocenters. The molecule has 9 nitrogen and oxygen atoms in total. The predicted molar refractivity (Wildman–Crippen MR) is 115 cm³/mol. The van der Waals surface area contributed by atoms with Crippen molar-refractivity contribution in [3.63, 3.8) is 0 Å². The van der Waals surface area contributed by atoms with E-state index in [1.165, 1.54) is 25.1 Å². The Labute approximate surface area is 183 Å². The van der Waals surface area contributed by atoms with Crippen LogP contribution in [0.1, 0.15) is 47.3 Å². The molecule has 2 rings (SSSR count). The van der Waals surface area contributed by atoms with E-state index < -0.39 is 23.8 Å². The second-order valence-electron chi connectivity index (χ2n) is 6.79. The molecule has 6 N–H and O–H groups in total. The normalized spacial score (nSPS) is 11.7. The van der Waals surface area contributed by atoms with Gasteiger partial charge in [-0.1, -0.05) is 23.2 Å². The fraction of sp³-hybridized carbons (Fsp3) is 0.316. The Hall–Kier alpha value is -2.75. The van der Waals surface area contributed by atoms with Crippen LogP contribution >= 0.6 is 23.2 Å². The molecular formula is C19H23Cl2N5O4. The van der Waals surface area contributed by atoms with E-state index in [9.17, 15) is 14.4 Å². The number of carbonyl (C=O) groups is 3. The molecule has 30 heavy (non-hydrogen) atoms. The van der Waals surface area contributed by atoms with E-state index in [0.29, 0.717) is 11.4 Å². The number of aryl methyl sites for hydroxylation is 1. The second kappa shape index (κ2) is 9.84. The third-order valence-electron chi connectivity index (χ3n) is 4.02. The highest BCUT2D eigenvalue weighted by Crippen LogP contribution is 2.31. The van der Waals surface area contributed by atoms with Gasteiger partial charge < -0.3 is 20.4 Å². The number of nitrogens with one attached hydrogen (secondary N) is 4. The van der Waals surface area contributed by atoms with Crippen molar-refractivity contribution in [3.05, 3.63) is 45.2 Å². The van der Waals surface area contributed by atoms with Gasteiger partial charge in [0.25, 0.3) is 17.7 Å².